The van der Waals surface area contributed by atoms with Gasteiger partial charge in [-0.05, 0) is 68.7 Å². The van der Waals surface area contributed by atoms with Crippen molar-refractivity contribution in [3.63, 3.8) is 0 Å². The number of hydrogen-bond donors (Lipinski definition) is 1. The summed E-state index contributed by atoms with van der Waals surface area (Å²) >= 11 is 0. The van der Waals surface area contributed by atoms with Crippen molar-refractivity contribution < 1.29 is 9.53 Å². The van der Waals surface area contributed by atoms with Crippen molar-refractivity contribution in [3.05, 3.63) is 94.3 Å². The predicted octanol–water partition coefficient (Wildman–Crippen LogP) is 5.28. The number of nitrogens with zero attached hydrogens (tertiary/aromatic N) is 2. The monoisotopic (exact) mass is 427 g/mol. The second-order valence-electron chi connectivity index (χ2n) is 8.29. The topological polar surface area (TPSA) is 56.2 Å². The molecular weight excluding hydrogens is 398 g/mol. The van der Waals surface area contributed by atoms with E-state index in [0.717, 1.165) is 39.3 Å². The van der Waals surface area contributed by atoms with Crippen molar-refractivity contribution >= 4 is 16.9 Å². The second-order valence-corrected chi connectivity index (χ2v) is 8.29. The van der Waals surface area contributed by atoms with Gasteiger partial charge in [0.05, 0.1) is 24.1 Å². The van der Waals surface area contributed by atoms with E-state index >= 15 is 0 Å². The van der Waals surface area contributed by atoms with Gasteiger partial charge < -0.3 is 14.6 Å². The van der Waals surface area contributed by atoms with Gasteiger partial charge in [-0.2, -0.15) is 0 Å². The molecular formula is C27H29N3O2. The first-order chi connectivity index (χ1) is 15.4. The van der Waals surface area contributed by atoms with Crippen molar-refractivity contribution in [1.82, 2.24) is 14.9 Å². The first-order valence-corrected chi connectivity index (χ1v) is 10.9. The average Bonchev–Trinajstić information content (AvgIpc) is 3.12. The third-order valence-corrected chi connectivity index (χ3v) is 5.68. The van der Waals surface area contributed by atoms with Gasteiger partial charge in [0.15, 0.2) is 0 Å². The molecule has 3 aromatic carbocycles. The molecule has 1 heterocycles. The molecule has 32 heavy (non-hydrogen) atoms. The number of nitrogens with one attached hydrogen (secondary N) is 1. The van der Waals surface area contributed by atoms with Crippen LogP contribution in [0.15, 0.2) is 60.7 Å². The summed E-state index contributed by atoms with van der Waals surface area (Å²) in [6.45, 7) is 9.61. The van der Waals surface area contributed by atoms with Gasteiger partial charge in [0, 0.05) is 5.56 Å². The Morgan fingerprint density at radius 1 is 0.938 bits per heavy atom. The number of imidazole rings is 1. The number of benzene rings is 3. The van der Waals surface area contributed by atoms with Gasteiger partial charge >= 0.3 is 0 Å². The number of carbonyl (C=O) groups is 1. The average molecular weight is 428 g/mol. The normalized spacial score (nSPS) is 11.0. The van der Waals surface area contributed by atoms with Gasteiger partial charge in [-0.3, -0.25) is 4.79 Å². The van der Waals surface area contributed by atoms with Crippen LogP contribution in [-0.4, -0.2) is 22.1 Å². The van der Waals surface area contributed by atoms with E-state index in [0.29, 0.717) is 25.3 Å². The van der Waals surface area contributed by atoms with E-state index in [2.05, 4.69) is 48.0 Å². The summed E-state index contributed by atoms with van der Waals surface area (Å²) < 4.78 is 8.21. The van der Waals surface area contributed by atoms with Crippen LogP contribution in [-0.2, 0) is 13.1 Å². The zero-order valence-electron chi connectivity index (χ0n) is 19.1. The minimum Gasteiger partial charge on any atom is -0.491 e. The molecule has 0 atom stereocenters. The lowest BCUT2D eigenvalue weighted by Gasteiger charge is -2.13. The van der Waals surface area contributed by atoms with E-state index in [4.69, 9.17) is 9.72 Å². The van der Waals surface area contributed by atoms with Crippen molar-refractivity contribution in [1.29, 1.82) is 0 Å². The van der Waals surface area contributed by atoms with Gasteiger partial charge in [-0.25, -0.2) is 4.98 Å². The van der Waals surface area contributed by atoms with E-state index in [1.165, 1.54) is 5.56 Å². The van der Waals surface area contributed by atoms with Gasteiger partial charge in [0.1, 0.15) is 18.2 Å². The summed E-state index contributed by atoms with van der Waals surface area (Å²) in [5.74, 6) is 1.63. The lowest BCUT2D eigenvalue weighted by molar-refractivity contribution is 0.0949. The number of hydrogen-bond acceptors (Lipinski definition) is 3. The molecule has 5 heteroatoms. The number of rotatable bonds is 7. The molecule has 164 valence electrons. The summed E-state index contributed by atoms with van der Waals surface area (Å²) in [7, 11) is 0. The zero-order valence-corrected chi connectivity index (χ0v) is 19.1. The Balaban J connectivity index is 1.51. The highest BCUT2D eigenvalue weighted by atomic mass is 16.5. The standard InChI is InChI=1S/C27H29N3O2/c1-18-10-12-22(21(4)15-18)27(31)28-17-26-29-23-7-5-6-8-24(23)30(26)13-14-32-25-16-19(2)9-11-20(25)3/h5-12,15-16H,13-14,17H2,1-4H3,(H,28,31). The highest BCUT2D eigenvalue weighted by Gasteiger charge is 2.14. The molecule has 1 N–H and O–H groups in total. The molecule has 1 amide bonds. The van der Waals surface area contributed by atoms with Crippen LogP contribution in [0.25, 0.3) is 11.0 Å². The zero-order chi connectivity index (χ0) is 22.7. The largest absolute Gasteiger partial charge is 0.491 e. The van der Waals surface area contributed by atoms with E-state index in [1.807, 2.05) is 50.2 Å². The van der Waals surface area contributed by atoms with Gasteiger partial charge in [0.2, 0.25) is 0 Å². The van der Waals surface area contributed by atoms with Crippen LogP contribution in [0.5, 0.6) is 5.75 Å². The van der Waals surface area contributed by atoms with E-state index < -0.39 is 0 Å². The van der Waals surface area contributed by atoms with E-state index in [1.54, 1.807) is 0 Å². The van der Waals surface area contributed by atoms with Crippen molar-refractivity contribution in [3.8, 4) is 5.75 Å². The Hall–Kier alpha value is -3.60. The number of aromatic nitrogens is 2. The molecule has 0 saturated carbocycles. The molecule has 1 aromatic heterocycles. The summed E-state index contributed by atoms with van der Waals surface area (Å²) in [6, 6.07) is 20.1. The Morgan fingerprint density at radius 2 is 1.69 bits per heavy atom. The molecule has 0 saturated heterocycles. The Morgan fingerprint density at radius 3 is 2.50 bits per heavy atom. The molecule has 0 spiro atoms. The second kappa shape index (κ2) is 9.27. The summed E-state index contributed by atoms with van der Waals surface area (Å²) in [6.07, 6.45) is 0. The smallest absolute Gasteiger partial charge is 0.251 e. The highest BCUT2D eigenvalue weighted by Crippen LogP contribution is 2.20. The Bertz CT molecular complexity index is 1270. The maximum Gasteiger partial charge on any atom is 0.251 e. The van der Waals surface area contributed by atoms with Crippen LogP contribution >= 0.6 is 0 Å². The Labute approximate surface area is 189 Å². The van der Waals surface area contributed by atoms with Crippen LogP contribution in [0.2, 0.25) is 0 Å². The Kier molecular flexibility index (Phi) is 6.26. The fourth-order valence-corrected chi connectivity index (χ4v) is 3.94. The number of para-hydroxylation sites is 2. The molecule has 4 rings (SSSR count). The lowest BCUT2D eigenvalue weighted by atomic mass is 10.1. The minimum atomic E-state index is -0.0901. The summed E-state index contributed by atoms with van der Waals surface area (Å²) in [4.78, 5) is 17.5. The summed E-state index contributed by atoms with van der Waals surface area (Å²) in [5.41, 5.74) is 7.04. The van der Waals surface area contributed by atoms with E-state index in [-0.39, 0.29) is 5.91 Å². The van der Waals surface area contributed by atoms with Crippen LogP contribution in [0.1, 0.15) is 38.4 Å². The third kappa shape index (κ3) is 4.67. The van der Waals surface area contributed by atoms with Crippen LogP contribution in [0.4, 0.5) is 0 Å². The first kappa shape index (κ1) is 21.6. The van der Waals surface area contributed by atoms with Crippen molar-refractivity contribution in [2.75, 3.05) is 6.61 Å². The number of ether oxygens (including phenoxy) is 1. The lowest BCUT2D eigenvalue weighted by Crippen LogP contribution is -2.26. The van der Waals surface area contributed by atoms with Gasteiger partial charge in [0.25, 0.3) is 5.91 Å². The summed E-state index contributed by atoms with van der Waals surface area (Å²) in [5, 5.41) is 3.04. The first-order valence-electron chi connectivity index (χ1n) is 10.9. The van der Waals surface area contributed by atoms with Crippen LogP contribution in [0, 0.1) is 27.7 Å². The molecule has 4 aromatic rings. The van der Waals surface area contributed by atoms with Gasteiger partial charge in [-0.15, -0.1) is 0 Å². The van der Waals surface area contributed by atoms with Gasteiger partial charge in [-0.1, -0.05) is 42.0 Å². The molecule has 0 unspecified atom stereocenters. The predicted molar refractivity (Wildman–Crippen MR) is 128 cm³/mol. The number of aryl methyl sites for hydroxylation is 4. The highest BCUT2D eigenvalue weighted by molar-refractivity contribution is 5.95. The van der Waals surface area contributed by atoms with Crippen molar-refractivity contribution in [2.24, 2.45) is 0 Å². The van der Waals surface area contributed by atoms with E-state index in [9.17, 15) is 4.79 Å². The quantitative estimate of drug-likeness (QED) is 0.437. The molecule has 5 nitrogen and oxygen atoms in total. The number of amides is 1. The molecule has 0 aliphatic carbocycles. The minimum absolute atomic E-state index is 0.0901. The number of carbonyl (C=O) groups excluding carboxylic acids is 1. The fourth-order valence-electron chi connectivity index (χ4n) is 3.94. The van der Waals surface area contributed by atoms with Crippen LogP contribution < -0.4 is 10.1 Å². The molecule has 0 aliphatic heterocycles. The number of fused-ring (bicyclic) bond motifs is 1. The van der Waals surface area contributed by atoms with Crippen LogP contribution in [0.3, 0.4) is 0 Å². The van der Waals surface area contributed by atoms with Crippen molar-refractivity contribution in [2.45, 2.75) is 40.8 Å². The molecule has 0 aliphatic rings. The molecule has 0 fully saturated rings. The molecule has 0 radical (unpaired) electrons. The SMILES string of the molecule is Cc1ccc(C(=O)NCc2nc3ccccc3n2CCOc2cc(C)ccc2C)c(C)c1. The fraction of sp³-hybridized carbons (Fsp3) is 0.259. The molecule has 0 bridgehead atoms. The maximum absolute atomic E-state index is 12.8. The third-order valence-electron chi connectivity index (χ3n) is 5.68. The maximum atomic E-state index is 12.8.